The summed E-state index contributed by atoms with van der Waals surface area (Å²) in [7, 11) is -0.836. The van der Waals surface area contributed by atoms with Gasteiger partial charge in [0.25, 0.3) is 0 Å². The Hall–Kier alpha value is -0.680. The van der Waals surface area contributed by atoms with Gasteiger partial charge in [-0.2, -0.15) is 0 Å². The molecule has 0 saturated carbocycles. The fourth-order valence-electron chi connectivity index (χ4n) is 1.47. The van der Waals surface area contributed by atoms with Crippen LogP contribution in [0.5, 0.6) is 0 Å². The Labute approximate surface area is 116 Å². The largest absolute Gasteiger partial charge is 0.367 e. The zero-order chi connectivity index (χ0) is 13.9. The van der Waals surface area contributed by atoms with Crippen molar-refractivity contribution in [3.05, 3.63) is 17.0 Å². The van der Waals surface area contributed by atoms with E-state index in [2.05, 4.69) is 15.3 Å². The van der Waals surface area contributed by atoms with Crippen LogP contribution in [0.25, 0.3) is 0 Å². The predicted octanol–water partition coefficient (Wildman–Crippen LogP) is 2.61. The zero-order valence-electron chi connectivity index (χ0n) is 11.5. The molecule has 0 amide bonds. The zero-order valence-corrected chi connectivity index (χ0v) is 13.0. The average molecular weight is 290 g/mol. The molecule has 1 heterocycles. The molecule has 2 unspecified atom stereocenters. The summed E-state index contributed by atoms with van der Waals surface area (Å²) in [6, 6.07) is 1.76. The number of hydrogen-bond donors (Lipinski definition) is 1. The molecule has 0 fully saturated rings. The average Bonchev–Trinajstić information content (AvgIpc) is 2.13. The fourth-order valence-corrected chi connectivity index (χ4v) is 2.44. The summed E-state index contributed by atoms with van der Waals surface area (Å²) >= 11 is 5.99. The van der Waals surface area contributed by atoms with Crippen molar-refractivity contribution in [3.63, 3.8) is 0 Å². The van der Waals surface area contributed by atoms with Crippen LogP contribution < -0.4 is 5.32 Å². The molecule has 1 N–H and O–H groups in total. The quantitative estimate of drug-likeness (QED) is 0.866. The van der Waals surface area contributed by atoms with Gasteiger partial charge in [-0.25, -0.2) is 9.97 Å². The van der Waals surface area contributed by atoms with E-state index in [9.17, 15) is 4.21 Å². The van der Waals surface area contributed by atoms with Gasteiger partial charge < -0.3 is 5.32 Å². The molecule has 102 valence electrons. The molecule has 18 heavy (non-hydrogen) atoms. The Bertz CT molecular complexity index is 445. The minimum atomic E-state index is -0.836. The van der Waals surface area contributed by atoms with E-state index in [0.717, 1.165) is 0 Å². The van der Waals surface area contributed by atoms with Crippen LogP contribution in [0.2, 0.25) is 5.15 Å². The number of rotatable bonds is 4. The lowest BCUT2D eigenvalue weighted by Crippen LogP contribution is -2.24. The van der Waals surface area contributed by atoms with Crippen LogP contribution in [0.15, 0.2) is 6.07 Å². The van der Waals surface area contributed by atoms with Crippen LogP contribution in [0.1, 0.15) is 33.5 Å². The molecule has 2 atom stereocenters. The Morgan fingerprint density at radius 2 is 2.06 bits per heavy atom. The molecule has 1 rings (SSSR count). The molecule has 1 aromatic rings. The van der Waals surface area contributed by atoms with Gasteiger partial charge in [0.1, 0.15) is 16.8 Å². The van der Waals surface area contributed by atoms with Gasteiger partial charge in [-0.15, -0.1) is 0 Å². The Morgan fingerprint density at radius 1 is 1.44 bits per heavy atom. The lowest BCUT2D eigenvalue weighted by atomic mass is 9.96. The minimum Gasteiger partial charge on any atom is -0.367 e. The van der Waals surface area contributed by atoms with E-state index in [-0.39, 0.29) is 11.5 Å². The first kappa shape index (κ1) is 15.4. The predicted molar refractivity (Wildman–Crippen MR) is 77.8 cm³/mol. The van der Waals surface area contributed by atoms with Gasteiger partial charge in [-0.1, -0.05) is 32.4 Å². The standard InChI is InChI=1S/C12H20ClN3OS/c1-8(7-18(5)17)14-10-6-9(13)15-11(16-10)12(2,3)4/h6,8H,7H2,1-5H3,(H,14,15,16). The lowest BCUT2D eigenvalue weighted by molar-refractivity contribution is 0.545. The number of anilines is 1. The maximum Gasteiger partial charge on any atom is 0.137 e. The summed E-state index contributed by atoms with van der Waals surface area (Å²) < 4.78 is 11.1. The SMILES string of the molecule is CC(CS(C)=O)Nc1cc(Cl)nc(C(C)(C)C)n1. The summed E-state index contributed by atoms with van der Waals surface area (Å²) in [6.45, 7) is 8.07. The second-order valence-electron chi connectivity index (χ2n) is 5.43. The number of halogens is 1. The molecule has 0 spiro atoms. The monoisotopic (exact) mass is 289 g/mol. The molecule has 0 aromatic carbocycles. The van der Waals surface area contributed by atoms with Gasteiger partial charge in [0.2, 0.25) is 0 Å². The molecule has 0 bridgehead atoms. The molecular formula is C12H20ClN3OS. The molecule has 0 aliphatic heterocycles. The number of hydrogen-bond acceptors (Lipinski definition) is 4. The van der Waals surface area contributed by atoms with Crippen molar-refractivity contribution in [2.75, 3.05) is 17.3 Å². The lowest BCUT2D eigenvalue weighted by Gasteiger charge is -2.19. The van der Waals surface area contributed by atoms with E-state index >= 15 is 0 Å². The van der Waals surface area contributed by atoms with Gasteiger partial charge in [0, 0.05) is 40.3 Å². The van der Waals surface area contributed by atoms with Crippen LogP contribution in [0.4, 0.5) is 5.82 Å². The third kappa shape index (κ3) is 4.90. The van der Waals surface area contributed by atoms with E-state index in [1.54, 1.807) is 12.3 Å². The molecule has 0 radical (unpaired) electrons. The van der Waals surface area contributed by atoms with Crippen LogP contribution in [-0.2, 0) is 16.2 Å². The Balaban J connectivity index is 2.90. The third-order valence-corrected chi connectivity index (χ3v) is 3.41. The van der Waals surface area contributed by atoms with E-state index in [1.807, 2.05) is 27.7 Å². The molecule has 4 nitrogen and oxygen atoms in total. The number of aromatic nitrogens is 2. The highest BCUT2D eigenvalue weighted by Gasteiger charge is 2.19. The van der Waals surface area contributed by atoms with Crippen molar-refractivity contribution in [3.8, 4) is 0 Å². The first-order valence-corrected chi connectivity index (χ1v) is 7.90. The van der Waals surface area contributed by atoms with Gasteiger partial charge in [0.15, 0.2) is 0 Å². The van der Waals surface area contributed by atoms with Crippen molar-refractivity contribution < 1.29 is 4.21 Å². The third-order valence-electron chi connectivity index (χ3n) is 2.24. The van der Waals surface area contributed by atoms with Crippen molar-refractivity contribution in [2.24, 2.45) is 0 Å². The summed E-state index contributed by atoms with van der Waals surface area (Å²) in [4.78, 5) is 8.67. The Kier molecular flexibility index (Phi) is 5.10. The molecule has 1 aromatic heterocycles. The molecule has 0 aliphatic rings. The first-order valence-electron chi connectivity index (χ1n) is 5.80. The molecule has 6 heteroatoms. The molecule has 0 saturated heterocycles. The van der Waals surface area contributed by atoms with Crippen LogP contribution in [0.3, 0.4) is 0 Å². The van der Waals surface area contributed by atoms with Crippen LogP contribution in [0, 0.1) is 0 Å². The van der Waals surface area contributed by atoms with Crippen molar-refractivity contribution in [2.45, 2.75) is 39.2 Å². The highest BCUT2D eigenvalue weighted by Crippen LogP contribution is 2.22. The van der Waals surface area contributed by atoms with Crippen molar-refractivity contribution in [1.29, 1.82) is 0 Å². The normalized spacial score (nSPS) is 15.2. The van der Waals surface area contributed by atoms with E-state index in [1.165, 1.54) is 0 Å². The second kappa shape index (κ2) is 5.97. The maximum atomic E-state index is 11.1. The van der Waals surface area contributed by atoms with Crippen molar-refractivity contribution in [1.82, 2.24) is 9.97 Å². The molecular weight excluding hydrogens is 270 g/mol. The summed E-state index contributed by atoms with van der Waals surface area (Å²) in [5, 5.41) is 3.62. The van der Waals surface area contributed by atoms with Crippen molar-refractivity contribution >= 4 is 28.2 Å². The van der Waals surface area contributed by atoms with Gasteiger partial charge in [0.05, 0.1) is 0 Å². The number of nitrogens with zero attached hydrogens (tertiary/aromatic N) is 2. The van der Waals surface area contributed by atoms with Gasteiger partial charge in [-0.05, 0) is 6.92 Å². The summed E-state index contributed by atoms with van der Waals surface area (Å²) in [6.07, 6.45) is 1.69. The van der Waals surface area contributed by atoms with Gasteiger partial charge >= 0.3 is 0 Å². The smallest absolute Gasteiger partial charge is 0.137 e. The number of nitrogens with one attached hydrogen (secondary N) is 1. The minimum absolute atomic E-state index is 0.0784. The highest BCUT2D eigenvalue weighted by molar-refractivity contribution is 7.84. The maximum absolute atomic E-state index is 11.1. The Morgan fingerprint density at radius 3 is 2.56 bits per heavy atom. The topological polar surface area (TPSA) is 54.9 Å². The van der Waals surface area contributed by atoms with E-state index < -0.39 is 10.8 Å². The molecule has 0 aliphatic carbocycles. The summed E-state index contributed by atoms with van der Waals surface area (Å²) in [5.41, 5.74) is -0.155. The van der Waals surface area contributed by atoms with Crippen LogP contribution >= 0.6 is 11.6 Å². The first-order chi connectivity index (χ1) is 8.18. The summed E-state index contributed by atoms with van der Waals surface area (Å²) in [5.74, 6) is 1.95. The fraction of sp³-hybridized carbons (Fsp3) is 0.667. The van der Waals surface area contributed by atoms with E-state index in [4.69, 9.17) is 11.6 Å². The van der Waals surface area contributed by atoms with Crippen LogP contribution in [-0.4, -0.2) is 32.2 Å². The second-order valence-corrected chi connectivity index (χ2v) is 7.30. The van der Waals surface area contributed by atoms with E-state index in [0.29, 0.717) is 22.5 Å². The van der Waals surface area contributed by atoms with Gasteiger partial charge in [-0.3, -0.25) is 4.21 Å². The highest BCUT2D eigenvalue weighted by atomic mass is 35.5.